The van der Waals surface area contributed by atoms with Gasteiger partial charge in [0.2, 0.25) is 0 Å². The van der Waals surface area contributed by atoms with Crippen LogP contribution < -0.4 is 48.2 Å². The summed E-state index contributed by atoms with van der Waals surface area (Å²) in [6.45, 7) is 0. The monoisotopic (exact) mass is 450 g/mol. The van der Waals surface area contributed by atoms with Gasteiger partial charge in [-0.25, -0.2) is 9.36 Å². The van der Waals surface area contributed by atoms with Crippen LogP contribution in [0.15, 0.2) is 72.8 Å². The Morgan fingerprint density at radius 2 is 1.35 bits per heavy atom. The van der Waals surface area contributed by atoms with Gasteiger partial charge in [-0.1, -0.05) is 30.3 Å². The molecule has 3 rings (SSSR count). The van der Waals surface area contributed by atoms with Crippen LogP contribution in [0.25, 0.3) is 0 Å². The van der Waals surface area contributed by atoms with E-state index in [1.807, 2.05) is 12.1 Å². The van der Waals surface area contributed by atoms with Gasteiger partial charge in [-0.3, -0.25) is 0 Å². The number of esters is 1. The quantitative estimate of drug-likeness (QED) is 0.287. The summed E-state index contributed by atoms with van der Waals surface area (Å²) in [6, 6.07) is 19.7. The van der Waals surface area contributed by atoms with Gasteiger partial charge >= 0.3 is 43.3 Å². The minimum atomic E-state index is -4.62. The average molecular weight is 450 g/mol. The van der Waals surface area contributed by atoms with Crippen LogP contribution in [0.2, 0.25) is 0 Å². The van der Waals surface area contributed by atoms with E-state index < -0.39 is 13.8 Å². The molecular weight excluding hydrogens is 430 g/mol. The number of benzene rings is 3. The second-order valence-electron chi connectivity index (χ2n) is 6.27. The molecule has 0 radical (unpaired) electrons. The predicted molar refractivity (Wildman–Crippen MR) is 109 cm³/mol. The van der Waals surface area contributed by atoms with Crippen LogP contribution in [0.3, 0.4) is 0 Å². The third-order valence-electron chi connectivity index (χ3n) is 4.23. The van der Waals surface area contributed by atoms with Crippen molar-refractivity contribution < 1.29 is 62.3 Å². The topological polar surface area (TPSA) is 94.1 Å². The Balaban J connectivity index is 0.00000341. The number of carbonyl (C=O) groups is 1. The summed E-state index contributed by atoms with van der Waals surface area (Å²) >= 11 is 0. The van der Waals surface area contributed by atoms with Crippen LogP contribution in [-0.2, 0) is 15.7 Å². The summed E-state index contributed by atoms with van der Waals surface area (Å²) in [4.78, 5) is 24.0. The molecule has 0 spiro atoms. The molecule has 3 aromatic carbocycles. The van der Waals surface area contributed by atoms with E-state index in [0.29, 0.717) is 17.7 Å². The van der Waals surface area contributed by atoms with Gasteiger partial charge in [0, 0.05) is 0 Å². The first-order valence-electron chi connectivity index (χ1n) is 8.99. The van der Waals surface area contributed by atoms with Crippen molar-refractivity contribution in [2.45, 2.75) is 6.42 Å². The predicted octanol–water partition coefficient (Wildman–Crippen LogP) is 1.00. The minimum absolute atomic E-state index is 0. The van der Waals surface area contributed by atoms with Gasteiger partial charge in [0.25, 0.3) is 0 Å². The van der Waals surface area contributed by atoms with E-state index in [1.54, 1.807) is 36.4 Å². The Morgan fingerprint density at radius 3 is 1.90 bits per heavy atom. The number of rotatable bonds is 8. The molecule has 0 heterocycles. The van der Waals surface area contributed by atoms with Gasteiger partial charge in [0.15, 0.2) is 0 Å². The molecule has 0 amide bonds. The molecule has 0 saturated heterocycles. The second-order valence-corrected chi connectivity index (χ2v) is 7.53. The molecule has 0 aromatic heterocycles. The first kappa shape index (κ1) is 25.0. The average Bonchev–Trinajstić information content (AvgIpc) is 2.75. The van der Waals surface area contributed by atoms with Gasteiger partial charge in [0.1, 0.15) is 17.2 Å². The zero-order valence-corrected chi connectivity index (χ0v) is 20.3. The third-order valence-corrected chi connectivity index (χ3v) is 5.10. The van der Waals surface area contributed by atoms with E-state index in [9.17, 15) is 14.3 Å². The Kier molecular flexibility index (Phi) is 9.16. The molecule has 0 aliphatic heterocycles. The van der Waals surface area contributed by atoms with Crippen LogP contribution in [0.4, 0.5) is 0 Å². The molecule has 3 aromatic rings. The first-order chi connectivity index (χ1) is 14.4. The maximum absolute atomic E-state index is 12.2. The van der Waals surface area contributed by atoms with Crippen molar-refractivity contribution in [2.24, 2.45) is 0 Å². The smallest absolute Gasteiger partial charge is 0.736 e. The largest absolute Gasteiger partial charge is 1.00 e. The van der Waals surface area contributed by atoms with Gasteiger partial charge in [-0.2, -0.15) is 0 Å². The maximum Gasteiger partial charge on any atom is 1.00 e. The van der Waals surface area contributed by atoms with E-state index in [-0.39, 0.29) is 41.1 Å². The zero-order chi connectivity index (χ0) is 21.6. The van der Waals surface area contributed by atoms with Crippen LogP contribution in [-0.4, -0.2) is 20.2 Å². The summed E-state index contributed by atoms with van der Waals surface area (Å²) in [6.07, 6.45) is 0.475. The van der Waals surface area contributed by atoms with Crippen molar-refractivity contribution in [2.75, 3.05) is 14.2 Å². The number of methoxy groups -OCH3 is 2. The third kappa shape index (κ3) is 7.13. The SMILES string of the molecule is COC(=O)c1ccccc1Cc1ccc(OP(=O)([O-])Oc2ccc(OC)cc2)cc1.[Na+]. The maximum atomic E-state index is 12.2. The van der Waals surface area contributed by atoms with Crippen molar-refractivity contribution in [1.29, 1.82) is 0 Å². The molecule has 0 aliphatic rings. The number of phosphoric acid groups is 1. The first-order valence-corrected chi connectivity index (χ1v) is 10.5. The number of ether oxygens (including phenoxy) is 2. The summed E-state index contributed by atoms with van der Waals surface area (Å²) in [5.41, 5.74) is 2.16. The van der Waals surface area contributed by atoms with E-state index in [1.165, 1.54) is 38.5 Å². The summed E-state index contributed by atoms with van der Waals surface area (Å²) in [5, 5.41) is 0. The Labute approximate surface area is 202 Å². The molecule has 9 heteroatoms. The fraction of sp³-hybridized carbons (Fsp3) is 0.136. The zero-order valence-electron chi connectivity index (χ0n) is 17.4. The number of carbonyl (C=O) groups excluding carboxylic acids is 1. The number of hydrogen-bond donors (Lipinski definition) is 0. The van der Waals surface area contributed by atoms with Crippen molar-refractivity contribution >= 4 is 13.8 Å². The van der Waals surface area contributed by atoms with Crippen LogP contribution >= 0.6 is 7.82 Å². The molecule has 0 saturated carbocycles. The van der Waals surface area contributed by atoms with Gasteiger partial charge in [-0.15, -0.1) is 0 Å². The normalized spacial score (nSPS) is 12.1. The number of hydrogen-bond acceptors (Lipinski definition) is 7. The van der Waals surface area contributed by atoms with Gasteiger partial charge in [0.05, 0.1) is 19.8 Å². The molecule has 7 nitrogen and oxygen atoms in total. The molecule has 0 fully saturated rings. The molecule has 0 aliphatic carbocycles. The van der Waals surface area contributed by atoms with Crippen LogP contribution in [0.5, 0.6) is 17.2 Å². The van der Waals surface area contributed by atoms with Crippen molar-refractivity contribution in [1.82, 2.24) is 0 Å². The van der Waals surface area contributed by atoms with E-state index >= 15 is 0 Å². The fourth-order valence-corrected chi connectivity index (χ4v) is 3.58. The van der Waals surface area contributed by atoms with E-state index in [4.69, 9.17) is 18.5 Å². The Bertz CT molecular complexity index is 1050. The fourth-order valence-electron chi connectivity index (χ4n) is 2.79. The Morgan fingerprint density at radius 1 is 0.839 bits per heavy atom. The van der Waals surface area contributed by atoms with Crippen molar-refractivity contribution in [3.05, 3.63) is 89.5 Å². The van der Waals surface area contributed by atoms with Crippen molar-refractivity contribution in [3.8, 4) is 17.2 Å². The molecule has 1 atom stereocenters. The van der Waals surface area contributed by atoms with Gasteiger partial charge < -0.3 is 23.4 Å². The second kappa shape index (κ2) is 11.4. The van der Waals surface area contributed by atoms with Crippen molar-refractivity contribution in [3.63, 3.8) is 0 Å². The molecule has 156 valence electrons. The van der Waals surface area contributed by atoms with E-state index in [2.05, 4.69) is 0 Å². The molecule has 0 N–H and O–H groups in total. The molecular formula is C22H20NaO7P. The van der Waals surface area contributed by atoms with Crippen LogP contribution in [0.1, 0.15) is 21.5 Å². The molecule has 31 heavy (non-hydrogen) atoms. The summed E-state index contributed by atoms with van der Waals surface area (Å²) < 4.78 is 31.9. The molecule has 1 unspecified atom stereocenters. The van der Waals surface area contributed by atoms with Crippen LogP contribution in [0, 0.1) is 0 Å². The standard InChI is InChI=1S/C22H21O7P.Na/c1-26-18-11-13-20(14-12-18)29-30(24,25)28-19-9-7-16(8-10-19)15-17-5-3-4-6-21(17)22(23)27-2;/h3-14H,15H2,1-2H3,(H,24,25);/q;+1/p-1. The summed E-state index contributed by atoms with van der Waals surface area (Å²) in [5.74, 6) is 0.402. The number of phosphoric ester groups is 1. The van der Waals surface area contributed by atoms with E-state index in [0.717, 1.165) is 11.1 Å². The Hall–Kier alpha value is -2.28. The van der Waals surface area contributed by atoms with Gasteiger partial charge in [-0.05, 0) is 60.0 Å². The minimum Gasteiger partial charge on any atom is -0.736 e. The molecule has 0 bridgehead atoms. The summed E-state index contributed by atoms with van der Waals surface area (Å²) in [7, 11) is -1.78.